The van der Waals surface area contributed by atoms with Gasteiger partial charge >= 0.3 is 16.4 Å². The van der Waals surface area contributed by atoms with Gasteiger partial charge in [-0.05, 0) is 38.5 Å². The molecule has 1 saturated heterocycles. The van der Waals surface area contributed by atoms with E-state index in [2.05, 4.69) is 23.3 Å². The first-order valence-corrected chi connectivity index (χ1v) is 17.8. The van der Waals surface area contributed by atoms with Crippen molar-refractivity contribution in [1.29, 1.82) is 0 Å². The first-order valence-electron chi connectivity index (χ1n) is 16.4. The number of esters is 1. The van der Waals surface area contributed by atoms with Gasteiger partial charge in [-0.2, -0.15) is 8.42 Å². The molecule has 13 heteroatoms. The number of rotatable bonds is 27. The molecule has 1 rings (SSSR count). The van der Waals surface area contributed by atoms with E-state index in [1.54, 1.807) is 0 Å². The molecule has 0 spiro atoms. The molecule has 0 bridgehead atoms. The monoisotopic (exact) mass is 654 g/mol. The average Bonchev–Trinajstić information content (AvgIpc) is 2.98. The topological polar surface area (TPSA) is 178 Å². The van der Waals surface area contributed by atoms with Gasteiger partial charge in [-0.25, -0.2) is 4.18 Å². The van der Waals surface area contributed by atoms with Crippen molar-refractivity contribution in [2.75, 3.05) is 26.4 Å². The van der Waals surface area contributed by atoms with Crippen LogP contribution in [0.1, 0.15) is 117 Å². The fourth-order valence-corrected chi connectivity index (χ4v) is 5.33. The normalized spacial score (nSPS) is 23.3. The maximum atomic E-state index is 12.3. The molecule has 4 N–H and O–H groups in total. The predicted molar refractivity (Wildman–Crippen MR) is 165 cm³/mol. The zero-order valence-corrected chi connectivity index (χ0v) is 27.5. The molecule has 0 aromatic rings. The Morgan fingerprint density at radius 3 is 2.02 bits per heavy atom. The zero-order valence-electron chi connectivity index (χ0n) is 26.7. The van der Waals surface area contributed by atoms with E-state index >= 15 is 0 Å². The molecule has 0 amide bonds. The van der Waals surface area contributed by atoms with E-state index < -0.39 is 59.8 Å². The van der Waals surface area contributed by atoms with Gasteiger partial charge in [0.2, 0.25) is 0 Å². The van der Waals surface area contributed by atoms with Crippen LogP contribution in [0.25, 0.3) is 0 Å². The van der Waals surface area contributed by atoms with Gasteiger partial charge in [-0.15, -0.1) is 0 Å². The van der Waals surface area contributed by atoms with Gasteiger partial charge in [0.1, 0.15) is 30.5 Å². The summed E-state index contributed by atoms with van der Waals surface area (Å²) >= 11 is 0. The van der Waals surface area contributed by atoms with Crippen LogP contribution in [-0.2, 0) is 38.3 Å². The Labute approximate surface area is 264 Å². The molecule has 44 heavy (non-hydrogen) atoms. The minimum absolute atomic E-state index is 0.0304. The van der Waals surface area contributed by atoms with Gasteiger partial charge < -0.3 is 34.3 Å². The lowest BCUT2D eigenvalue weighted by molar-refractivity contribution is -0.301. The molecule has 260 valence electrons. The molecule has 6 atom stereocenters. The average molecular weight is 655 g/mol. The summed E-state index contributed by atoms with van der Waals surface area (Å²) in [6, 6.07) is 0. The molecule has 0 radical (unpaired) electrons. The Bertz CT molecular complexity index is 853. The number of carbonyl (C=O) groups excluding carboxylic acids is 1. The molecule has 1 fully saturated rings. The highest BCUT2D eigenvalue weighted by Crippen LogP contribution is 2.26. The van der Waals surface area contributed by atoms with Gasteiger partial charge in [0.05, 0.1) is 19.8 Å². The third-order valence-corrected chi connectivity index (χ3v) is 7.85. The van der Waals surface area contributed by atoms with Crippen molar-refractivity contribution in [1.82, 2.24) is 0 Å². The van der Waals surface area contributed by atoms with Crippen LogP contribution >= 0.6 is 0 Å². The fraction of sp³-hybridized carbons (Fsp3) is 0.903. The van der Waals surface area contributed by atoms with E-state index in [-0.39, 0.29) is 19.6 Å². The summed E-state index contributed by atoms with van der Waals surface area (Å²) in [4.78, 5) is 12.3. The van der Waals surface area contributed by atoms with Crippen LogP contribution in [-0.4, -0.2) is 97.5 Å². The largest absolute Gasteiger partial charge is 0.457 e. The van der Waals surface area contributed by atoms with Crippen LogP contribution in [0.3, 0.4) is 0 Å². The van der Waals surface area contributed by atoms with Crippen LogP contribution in [0.5, 0.6) is 0 Å². The molecule has 0 aromatic heterocycles. The molecule has 12 nitrogen and oxygen atoms in total. The van der Waals surface area contributed by atoms with Crippen molar-refractivity contribution < 1.29 is 56.2 Å². The lowest BCUT2D eigenvalue weighted by Crippen LogP contribution is -2.60. The van der Waals surface area contributed by atoms with Crippen LogP contribution < -0.4 is 0 Å². The van der Waals surface area contributed by atoms with Crippen LogP contribution in [0.2, 0.25) is 0 Å². The van der Waals surface area contributed by atoms with Gasteiger partial charge in [0, 0.05) is 13.0 Å². The second-order valence-electron chi connectivity index (χ2n) is 11.4. The van der Waals surface area contributed by atoms with E-state index in [9.17, 15) is 28.5 Å². The molecular formula is C31H58O12S. The second kappa shape index (κ2) is 25.0. The highest BCUT2D eigenvalue weighted by molar-refractivity contribution is 7.80. The van der Waals surface area contributed by atoms with Gasteiger partial charge in [0.25, 0.3) is 0 Å². The summed E-state index contributed by atoms with van der Waals surface area (Å²) in [5, 5.41) is 30.2. The Hall–Kier alpha value is -1.16. The van der Waals surface area contributed by atoms with E-state index in [0.717, 1.165) is 32.1 Å². The van der Waals surface area contributed by atoms with Crippen molar-refractivity contribution in [2.24, 2.45) is 0 Å². The number of hydrogen-bond acceptors (Lipinski definition) is 11. The van der Waals surface area contributed by atoms with E-state index in [1.165, 1.54) is 57.8 Å². The molecule has 0 aromatic carbocycles. The molecule has 6 unspecified atom stereocenters. The second-order valence-corrected chi connectivity index (χ2v) is 12.5. The first-order chi connectivity index (χ1) is 21.1. The van der Waals surface area contributed by atoms with Crippen LogP contribution in [0, 0.1) is 0 Å². The molecule has 1 aliphatic rings. The first kappa shape index (κ1) is 40.9. The van der Waals surface area contributed by atoms with Crippen LogP contribution in [0.15, 0.2) is 12.2 Å². The summed E-state index contributed by atoms with van der Waals surface area (Å²) in [5.41, 5.74) is 0. The Morgan fingerprint density at radius 1 is 0.841 bits per heavy atom. The molecule has 0 saturated carbocycles. The third kappa shape index (κ3) is 19.4. The molecule has 0 aliphatic carbocycles. The zero-order chi connectivity index (χ0) is 32.6. The van der Waals surface area contributed by atoms with Crippen molar-refractivity contribution in [3.63, 3.8) is 0 Å². The summed E-state index contributed by atoms with van der Waals surface area (Å²) in [7, 11) is -5.04. The third-order valence-electron chi connectivity index (χ3n) is 7.39. The minimum atomic E-state index is -5.04. The van der Waals surface area contributed by atoms with Crippen molar-refractivity contribution in [3.8, 4) is 0 Å². The number of aliphatic hydroxyl groups is 3. The summed E-state index contributed by atoms with van der Waals surface area (Å²) in [6.07, 6.45) is 12.5. The molecule has 1 heterocycles. The lowest BCUT2D eigenvalue weighted by Gasteiger charge is -2.41. The lowest BCUT2D eigenvalue weighted by atomic mass is 9.99. The number of aliphatic hydroxyl groups excluding tert-OH is 3. The summed E-state index contributed by atoms with van der Waals surface area (Å²) in [5.74, 6) is -0.438. The minimum Gasteiger partial charge on any atom is -0.457 e. The number of allylic oxidation sites excluding steroid dienone is 2. The number of hydrogen-bond donors (Lipinski definition) is 4. The van der Waals surface area contributed by atoms with Gasteiger partial charge in [-0.1, -0.05) is 83.8 Å². The van der Waals surface area contributed by atoms with E-state index in [1.807, 2.05) is 6.92 Å². The highest BCUT2D eigenvalue weighted by Gasteiger charge is 2.48. The predicted octanol–water partition coefficient (Wildman–Crippen LogP) is 4.40. The van der Waals surface area contributed by atoms with Crippen molar-refractivity contribution >= 4 is 16.4 Å². The van der Waals surface area contributed by atoms with Gasteiger partial charge in [0.15, 0.2) is 6.29 Å². The summed E-state index contributed by atoms with van der Waals surface area (Å²) < 4.78 is 57.9. The maximum Gasteiger partial charge on any atom is 0.397 e. The highest BCUT2D eigenvalue weighted by atomic mass is 32.3. The quantitative estimate of drug-likeness (QED) is 0.0425. The van der Waals surface area contributed by atoms with E-state index in [4.69, 9.17) is 23.5 Å². The Balaban J connectivity index is 2.39. The fourth-order valence-electron chi connectivity index (χ4n) is 4.82. The van der Waals surface area contributed by atoms with Crippen LogP contribution in [0.4, 0.5) is 0 Å². The SMILES string of the molecule is CCCCCCC/C=C\CCCCCCCCOCC(COC1OC(CO)C(O)C(OS(=O)(=O)O)C1O)OC(=O)CCCC. The maximum absolute atomic E-state index is 12.3. The number of carbonyl (C=O) groups is 1. The molecular weight excluding hydrogens is 596 g/mol. The van der Waals surface area contributed by atoms with Crippen molar-refractivity contribution in [2.45, 2.75) is 153 Å². The van der Waals surface area contributed by atoms with E-state index in [0.29, 0.717) is 13.0 Å². The number of unbranched alkanes of at least 4 members (excludes halogenated alkanes) is 12. The molecule has 1 aliphatic heterocycles. The van der Waals surface area contributed by atoms with Gasteiger partial charge in [-0.3, -0.25) is 9.35 Å². The smallest absolute Gasteiger partial charge is 0.397 e. The van der Waals surface area contributed by atoms with Crippen molar-refractivity contribution in [3.05, 3.63) is 12.2 Å². The Morgan fingerprint density at radius 2 is 1.43 bits per heavy atom. The summed E-state index contributed by atoms with van der Waals surface area (Å²) in [6.45, 7) is 3.66. The standard InChI is InChI=1S/C31H58O12S/c1-3-5-7-8-9-10-11-12-13-14-15-16-17-18-19-21-39-23-25(41-27(33)20-6-4-2)24-40-31-29(35)30(43-44(36,37)38)28(34)26(22-32)42-31/h11-12,25-26,28-32,34-35H,3-10,13-24H2,1-2H3,(H,36,37,38)/b12-11-. The Kier molecular flexibility index (Phi) is 23.2. The number of ether oxygens (including phenoxy) is 4.